The molecule has 0 unspecified atom stereocenters. The average molecular weight is 503 g/mol. The summed E-state index contributed by atoms with van der Waals surface area (Å²) in [6, 6.07) is 17.1. The lowest BCUT2D eigenvalue weighted by Gasteiger charge is -2.23. The van der Waals surface area contributed by atoms with E-state index >= 15 is 0 Å². The van der Waals surface area contributed by atoms with Gasteiger partial charge < -0.3 is 29.9 Å². The molecule has 0 saturated carbocycles. The van der Waals surface area contributed by atoms with Crippen LogP contribution in [0.2, 0.25) is 0 Å². The summed E-state index contributed by atoms with van der Waals surface area (Å²) in [6.07, 6.45) is 0. The van der Waals surface area contributed by atoms with Gasteiger partial charge in [-0.3, -0.25) is 9.59 Å². The molecule has 37 heavy (non-hydrogen) atoms. The van der Waals surface area contributed by atoms with Gasteiger partial charge in [0.2, 0.25) is 12.7 Å². The second-order valence-corrected chi connectivity index (χ2v) is 9.11. The van der Waals surface area contributed by atoms with Gasteiger partial charge in [-0.1, -0.05) is 0 Å². The number of ether oxygens (including phenoxy) is 2. The van der Waals surface area contributed by atoms with E-state index in [0.29, 0.717) is 51.8 Å². The maximum Gasteiger partial charge on any atom is 0.258 e. The van der Waals surface area contributed by atoms with Crippen LogP contribution in [0.3, 0.4) is 0 Å². The van der Waals surface area contributed by atoms with Crippen molar-refractivity contribution in [2.75, 3.05) is 49.5 Å². The Labute approximate surface area is 214 Å². The number of nitrogens with zero attached hydrogens (tertiary/aromatic N) is 2. The summed E-state index contributed by atoms with van der Waals surface area (Å²) in [5, 5.41) is 6.13. The van der Waals surface area contributed by atoms with Crippen LogP contribution in [0.5, 0.6) is 11.5 Å². The molecular formula is C28H27FN4O4. The van der Waals surface area contributed by atoms with Crippen LogP contribution in [0.25, 0.3) is 11.3 Å². The van der Waals surface area contributed by atoms with Crippen LogP contribution in [0, 0.1) is 5.82 Å². The Morgan fingerprint density at radius 3 is 2.49 bits per heavy atom. The first-order valence-electron chi connectivity index (χ1n) is 11.9. The van der Waals surface area contributed by atoms with Crippen LogP contribution in [0.4, 0.5) is 21.5 Å². The zero-order valence-corrected chi connectivity index (χ0v) is 20.8. The average Bonchev–Trinajstić information content (AvgIpc) is 3.45. The van der Waals surface area contributed by atoms with Crippen molar-refractivity contribution < 1.29 is 23.5 Å². The zero-order chi connectivity index (χ0) is 26.1. The number of nitrogens with one attached hydrogen (secondary N) is 2. The minimum atomic E-state index is -0.433. The third kappa shape index (κ3) is 4.99. The summed E-state index contributed by atoms with van der Waals surface area (Å²) in [5.74, 6) is 0.375. The van der Waals surface area contributed by atoms with Crippen molar-refractivity contribution in [2.24, 2.45) is 0 Å². The van der Waals surface area contributed by atoms with Gasteiger partial charge in [0, 0.05) is 42.5 Å². The molecular weight excluding hydrogens is 475 g/mol. The van der Waals surface area contributed by atoms with E-state index in [0.717, 1.165) is 12.2 Å². The predicted molar refractivity (Wildman–Crippen MR) is 141 cm³/mol. The normalized spacial score (nSPS) is 14.9. The lowest BCUT2D eigenvalue weighted by atomic mass is 9.99. The molecule has 3 aromatic carbocycles. The molecule has 5 rings (SSSR count). The van der Waals surface area contributed by atoms with E-state index in [1.54, 1.807) is 30.0 Å². The van der Waals surface area contributed by atoms with Crippen molar-refractivity contribution in [1.29, 1.82) is 0 Å². The number of anilines is 3. The highest BCUT2D eigenvalue weighted by Crippen LogP contribution is 2.41. The molecule has 2 N–H and O–H groups in total. The fraction of sp³-hybridized carbons (Fsp3) is 0.214. The highest BCUT2D eigenvalue weighted by molar-refractivity contribution is 6.37. The second kappa shape index (κ2) is 9.94. The zero-order valence-electron chi connectivity index (χ0n) is 20.8. The number of likely N-dealkylation sites (N-methyl/N-ethyl adjacent to an activating group) is 1. The number of fused-ring (bicyclic) bond motifs is 2. The van der Waals surface area contributed by atoms with Crippen molar-refractivity contribution in [3.05, 3.63) is 77.6 Å². The number of hydrogen-bond acceptors (Lipinski definition) is 6. The Morgan fingerprint density at radius 2 is 1.76 bits per heavy atom. The molecule has 0 bridgehead atoms. The molecule has 2 aliphatic heterocycles. The molecule has 0 radical (unpaired) electrons. The van der Waals surface area contributed by atoms with E-state index in [4.69, 9.17) is 9.47 Å². The molecule has 0 saturated heterocycles. The monoisotopic (exact) mass is 502 g/mol. The quantitative estimate of drug-likeness (QED) is 0.466. The Morgan fingerprint density at radius 1 is 1.00 bits per heavy atom. The van der Waals surface area contributed by atoms with E-state index in [2.05, 4.69) is 10.6 Å². The van der Waals surface area contributed by atoms with Crippen LogP contribution in [0.15, 0.2) is 60.7 Å². The van der Waals surface area contributed by atoms with Crippen molar-refractivity contribution >= 4 is 40.1 Å². The van der Waals surface area contributed by atoms with Crippen molar-refractivity contribution in [3.8, 4) is 11.5 Å². The summed E-state index contributed by atoms with van der Waals surface area (Å²) < 4.78 is 24.8. The summed E-state index contributed by atoms with van der Waals surface area (Å²) >= 11 is 0. The fourth-order valence-corrected chi connectivity index (χ4v) is 4.36. The molecule has 0 atom stereocenters. The number of amides is 2. The van der Waals surface area contributed by atoms with Crippen LogP contribution in [0.1, 0.15) is 18.1 Å². The number of halogens is 1. The maximum atomic E-state index is 13.9. The van der Waals surface area contributed by atoms with Gasteiger partial charge in [-0.2, -0.15) is 0 Å². The van der Waals surface area contributed by atoms with E-state index in [1.807, 2.05) is 49.3 Å². The molecule has 2 amide bonds. The number of hydrogen-bond donors (Lipinski definition) is 2. The second-order valence-electron chi connectivity index (χ2n) is 9.11. The minimum absolute atomic E-state index is 0.0443. The van der Waals surface area contributed by atoms with E-state index in [-0.39, 0.29) is 18.6 Å². The SMILES string of the molecule is CC(=O)N(CCN(C)C)c1ccc(NC(=C2C(=O)Nc3cc(F)ccc32)c2ccc3c(c2)OCO3)cc1. The molecule has 0 fully saturated rings. The summed E-state index contributed by atoms with van der Waals surface area (Å²) in [5.41, 5.74) is 4.11. The number of carbonyl (C=O) groups is 2. The molecule has 0 aliphatic carbocycles. The maximum absolute atomic E-state index is 13.9. The highest BCUT2D eigenvalue weighted by Gasteiger charge is 2.29. The Hall–Kier alpha value is -4.37. The fourth-order valence-electron chi connectivity index (χ4n) is 4.36. The topological polar surface area (TPSA) is 83.1 Å². The van der Waals surface area contributed by atoms with E-state index < -0.39 is 5.82 Å². The summed E-state index contributed by atoms with van der Waals surface area (Å²) in [4.78, 5) is 29.1. The first-order valence-corrected chi connectivity index (χ1v) is 11.9. The third-order valence-electron chi connectivity index (χ3n) is 6.24. The first kappa shape index (κ1) is 24.3. The molecule has 3 aromatic rings. The molecule has 2 heterocycles. The third-order valence-corrected chi connectivity index (χ3v) is 6.24. The highest BCUT2D eigenvalue weighted by atomic mass is 19.1. The van der Waals surface area contributed by atoms with Crippen molar-refractivity contribution in [3.63, 3.8) is 0 Å². The van der Waals surface area contributed by atoms with Gasteiger partial charge in [0.1, 0.15) is 5.82 Å². The molecule has 0 aromatic heterocycles. The lowest BCUT2D eigenvalue weighted by Crippen LogP contribution is -2.35. The van der Waals surface area contributed by atoms with Gasteiger partial charge in [0.05, 0.1) is 17.0 Å². The van der Waals surface area contributed by atoms with Gasteiger partial charge >= 0.3 is 0 Å². The summed E-state index contributed by atoms with van der Waals surface area (Å²) in [7, 11) is 3.92. The standard InChI is InChI=1S/C28H27FN4O4/c1-17(34)33(13-12-32(2)3)21-8-6-20(7-9-21)30-27(18-4-11-24-25(14-18)37-16-36-24)26-22-10-5-19(29)15-23(22)31-28(26)35/h4-11,14-15,30H,12-13,16H2,1-3H3,(H,31,35). The van der Waals surface area contributed by atoms with Gasteiger partial charge in [-0.05, 0) is 74.8 Å². The van der Waals surface area contributed by atoms with Gasteiger partial charge in [0.15, 0.2) is 11.5 Å². The van der Waals surface area contributed by atoms with E-state index in [9.17, 15) is 14.0 Å². The van der Waals surface area contributed by atoms with Gasteiger partial charge in [0.25, 0.3) is 5.91 Å². The largest absolute Gasteiger partial charge is 0.454 e. The van der Waals surface area contributed by atoms with Gasteiger partial charge in [-0.15, -0.1) is 0 Å². The predicted octanol–water partition coefficient (Wildman–Crippen LogP) is 4.40. The molecule has 9 heteroatoms. The first-order chi connectivity index (χ1) is 17.8. The molecule has 190 valence electrons. The molecule has 2 aliphatic rings. The van der Waals surface area contributed by atoms with Crippen molar-refractivity contribution in [1.82, 2.24) is 4.90 Å². The summed E-state index contributed by atoms with van der Waals surface area (Å²) in [6.45, 7) is 2.97. The number of rotatable bonds is 7. The molecule has 8 nitrogen and oxygen atoms in total. The number of carbonyl (C=O) groups excluding carboxylic acids is 2. The van der Waals surface area contributed by atoms with E-state index in [1.165, 1.54) is 12.1 Å². The van der Waals surface area contributed by atoms with Crippen LogP contribution >= 0.6 is 0 Å². The number of benzene rings is 3. The molecule has 0 spiro atoms. The Bertz CT molecular complexity index is 1400. The lowest BCUT2D eigenvalue weighted by molar-refractivity contribution is -0.116. The van der Waals surface area contributed by atoms with Gasteiger partial charge in [-0.25, -0.2) is 4.39 Å². The smallest absolute Gasteiger partial charge is 0.258 e. The van der Waals surface area contributed by atoms with Crippen LogP contribution in [-0.4, -0.2) is 50.7 Å². The minimum Gasteiger partial charge on any atom is -0.454 e. The van der Waals surface area contributed by atoms with Crippen molar-refractivity contribution in [2.45, 2.75) is 6.92 Å². The van der Waals surface area contributed by atoms with Crippen LogP contribution in [-0.2, 0) is 9.59 Å². The van der Waals surface area contributed by atoms with Crippen LogP contribution < -0.4 is 25.0 Å². The Kier molecular flexibility index (Phi) is 6.54. The Balaban J connectivity index is 1.53.